The number of aryl methyl sites for hydroxylation is 1. The van der Waals surface area contributed by atoms with Gasteiger partial charge in [0.25, 0.3) is 0 Å². The third-order valence-electron chi connectivity index (χ3n) is 1.86. The van der Waals surface area contributed by atoms with Crippen molar-refractivity contribution >= 4 is 17.0 Å². The van der Waals surface area contributed by atoms with Gasteiger partial charge in [0.05, 0.1) is 10.6 Å². The van der Waals surface area contributed by atoms with Crippen molar-refractivity contribution in [2.75, 3.05) is 0 Å². The highest BCUT2D eigenvalue weighted by molar-refractivity contribution is 7.14. The summed E-state index contributed by atoms with van der Waals surface area (Å²) in [6, 6.07) is 4.26. The maximum Gasteiger partial charge on any atom is 0.0798 e. The molecule has 0 saturated carbocycles. The second-order valence-electron chi connectivity index (χ2n) is 2.95. The summed E-state index contributed by atoms with van der Waals surface area (Å²) in [4.78, 5) is 6.95. The van der Waals surface area contributed by atoms with E-state index in [1.807, 2.05) is 6.20 Å². The Morgan fingerprint density at radius 2 is 2.23 bits per heavy atom. The number of aliphatic imine (C=N–C) groups is 1. The monoisotopic (exact) mass is 189 g/mol. The summed E-state index contributed by atoms with van der Waals surface area (Å²) in [5.41, 5.74) is 1.08. The van der Waals surface area contributed by atoms with E-state index in [0.717, 1.165) is 12.1 Å². The van der Waals surface area contributed by atoms with Gasteiger partial charge in [0.1, 0.15) is 0 Å². The minimum atomic E-state index is 0.983. The Balaban J connectivity index is 2.35. The van der Waals surface area contributed by atoms with Crippen molar-refractivity contribution in [3.63, 3.8) is 0 Å². The maximum absolute atomic E-state index is 4.37. The topological polar surface area (TPSA) is 12.4 Å². The van der Waals surface area contributed by atoms with E-state index in [1.165, 1.54) is 9.75 Å². The van der Waals surface area contributed by atoms with Crippen LogP contribution in [0.5, 0.6) is 0 Å². The van der Waals surface area contributed by atoms with Crippen LogP contribution in [0.1, 0.15) is 16.2 Å². The number of allylic oxidation sites excluding steroid dienone is 3. The summed E-state index contributed by atoms with van der Waals surface area (Å²) < 4.78 is 0. The van der Waals surface area contributed by atoms with Gasteiger partial charge in [0.15, 0.2) is 0 Å². The summed E-state index contributed by atoms with van der Waals surface area (Å²) in [6.45, 7) is 2.12. The summed E-state index contributed by atoms with van der Waals surface area (Å²) in [5.74, 6) is 0. The molecule has 1 nitrogen and oxygen atoms in total. The van der Waals surface area contributed by atoms with Crippen LogP contribution in [0, 0.1) is 6.92 Å². The van der Waals surface area contributed by atoms with Crippen molar-refractivity contribution in [2.45, 2.75) is 13.3 Å². The molecule has 0 saturated heterocycles. The van der Waals surface area contributed by atoms with E-state index in [9.17, 15) is 0 Å². The molecule has 1 aromatic heterocycles. The van der Waals surface area contributed by atoms with Crippen LogP contribution in [0.4, 0.5) is 0 Å². The van der Waals surface area contributed by atoms with E-state index in [-0.39, 0.29) is 0 Å². The highest BCUT2D eigenvalue weighted by Crippen LogP contribution is 2.17. The number of thiophene rings is 1. The lowest BCUT2D eigenvalue weighted by atomic mass is 10.2. The largest absolute Gasteiger partial charge is 0.256 e. The number of hydrogen-bond donors (Lipinski definition) is 0. The Morgan fingerprint density at radius 3 is 3.00 bits per heavy atom. The quantitative estimate of drug-likeness (QED) is 0.642. The summed E-state index contributed by atoms with van der Waals surface area (Å²) in [6.07, 6.45) is 9.15. The number of rotatable bonds is 1. The highest BCUT2D eigenvalue weighted by atomic mass is 32.1. The van der Waals surface area contributed by atoms with Gasteiger partial charge in [-0.15, -0.1) is 11.3 Å². The Labute approximate surface area is 82.1 Å². The van der Waals surface area contributed by atoms with E-state index in [0.29, 0.717) is 0 Å². The predicted octanol–water partition coefficient (Wildman–Crippen LogP) is 3.32. The molecule has 0 radical (unpaired) electrons. The average molecular weight is 189 g/mol. The van der Waals surface area contributed by atoms with Crippen LogP contribution < -0.4 is 0 Å². The SMILES string of the molecule is Cc1ccc(C2=NC=CCC=C2)s1. The van der Waals surface area contributed by atoms with Gasteiger partial charge in [0.2, 0.25) is 0 Å². The average Bonchev–Trinajstić information content (AvgIpc) is 2.43. The summed E-state index contributed by atoms with van der Waals surface area (Å²) >= 11 is 1.79. The molecule has 0 amide bonds. The van der Waals surface area contributed by atoms with Crippen LogP contribution in [0.3, 0.4) is 0 Å². The van der Waals surface area contributed by atoms with Gasteiger partial charge in [-0.1, -0.05) is 12.2 Å². The minimum Gasteiger partial charge on any atom is -0.256 e. The van der Waals surface area contributed by atoms with Crippen molar-refractivity contribution in [3.05, 3.63) is 46.3 Å². The molecule has 0 spiro atoms. The Bertz CT molecular complexity index is 383. The molecule has 0 unspecified atom stereocenters. The molecule has 66 valence electrons. The van der Waals surface area contributed by atoms with E-state index < -0.39 is 0 Å². The van der Waals surface area contributed by atoms with Gasteiger partial charge >= 0.3 is 0 Å². The van der Waals surface area contributed by atoms with Crippen molar-refractivity contribution < 1.29 is 0 Å². The van der Waals surface area contributed by atoms with Crippen LogP contribution in [-0.2, 0) is 0 Å². The lowest BCUT2D eigenvalue weighted by Crippen LogP contribution is -1.90. The van der Waals surface area contributed by atoms with Crippen molar-refractivity contribution in [3.8, 4) is 0 Å². The van der Waals surface area contributed by atoms with Crippen LogP contribution in [-0.4, -0.2) is 5.71 Å². The van der Waals surface area contributed by atoms with Crippen LogP contribution in [0.2, 0.25) is 0 Å². The van der Waals surface area contributed by atoms with Gasteiger partial charge in [-0.05, 0) is 31.6 Å². The van der Waals surface area contributed by atoms with Crippen LogP contribution in [0.25, 0.3) is 0 Å². The van der Waals surface area contributed by atoms with Gasteiger partial charge in [-0.3, -0.25) is 4.99 Å². The Hall–Kier alpha value is -1.15. The Morgan fingerprint density at radius 1 is 1.31 bits per heavy atom. The molecule has 1 aromatic rings. The zero-order valence-corrected chi connectivity index (χ0v) is 8.34. The first-order valence-corrected chi connectivity index (χ1v) is 5.14. The molecular weight excluding hydrogens is 178 g/mol. The second kappa shape index (κ2) is 3.71. The van der Waals surface area contributed by atoms with Crippen LogP contribution >= 0.6 is 11.3 Å². The first-order valence-electron chi connectivity index (χ1n) is 4.32. The van der Waals surface area contributed by atoms with Gasteiger partial charge in [-0.2, -0.15) is 0 Å². The highest BCUT2D eigenvalue weighted by Gasteiger charge is 2.02. The molecule has 0 atom stereocenters. The Kier molecular flexibility index (Phi) is 2.41. The van der Waals surface area contributed by atoms with Gasteiger partial charge in [-0.25, -0.2) is 0 Å². The smallest absolute Gasteiger partial charge is 0.0798 e. The van der Waals surface area contributed by atoms with Gasteiger partial charge in [0, 0.05) is 11.1 Å². The molecule has 2 rings (SSSR count). The first-order chi connectivity index (χ1) is 6.36. The summed E-state index contributed by atoms with van der Waals surface area (Å²) in [7, 11) is 0. The molecule has 0 N–H and O–H groups in total. The molecular formula is C11H11NS. The second-order valence-corrected chi connectivity index (χ2v) is 4.24. The zero-order chi connectivity index (χ0) is 9.10. The fraction of sp³-hybridized carbons (Fsp3) is 0.182. The molecule has 1 aliphatic heterocycles. The lowest BCUT2D eigenvalue weighted by Gasteiger charge is -1.92. The summed E-state index contributed by atoms with van der Waals surface area (Å²) in [5, 5.41) is 0. The van der Waals surface area contributed by atoms with E-state index in [4.69, 9.17) is 0 Å². The maximum atomic E-state index is 4.37. The molecule has 2 heteroatoms. The molecule has 1 aliphatic rings. The molecule has 0 aliphatic carbocycles. The zero-order valence-electron chi connectivity index (χ0n) is 7.53. The standard InChI is InChI=1S/C11H11NS/c1-9-6-7-11(13-9)10-5-3-2-4-8-12-10/h3-8H,2H2,1H3. The number of nitrogens with zero attached hydrogens (tertiary/aromatic N) is 1. The van der Waals surface area contributed by atoms with Crippen molar-refractivity contribution in [2.24, 2.45) is 4.99 Å². The van der Waals surface area contributed by atoms with Crippen molar-refractivity contribution in [1.29, 1.82) is 0 Å². The van der Waals surface area contributed by atoms with Gasteiger partial charge < -0.3 is 0 Å². The third-order valence-corrected chi connectivity index (χ3v) is 2.88. The van der Waals surface area contributed by atoms with Crippen LogP contribution in [0.15, 0.2) is 41.6 Å². The number of hydrogen-bond acceptors (Lipinski definition) is 2. The van der Waals surface area contributed by atoms with E-state index >= 15 is 0 Å². The van der Waals surface area contributed by atoms with E-state index in [1.54, 1.807) is 11.3 Å². The fourth-order valence-electron chi connectivity index (χ4n) is 1.21. The normalized spacial score (nSPS) is 15.6. The van der Waals surface area contributed by atoms with Crippen molar-refractivity contribution in [1.82, 2.24) is 0 Å². The fourth-order valence-corrected chi connectivity index (χ4v) is 2.06. The molecule has 2 heterocycles. The van der Waals surface area contributed by atoms with E-state index in [2.05, 4.69) is 42.3 Å². The third kappa shape index (κ3) is 1.95. The lowest BCUT2D eigenvalue weighted by molar-refractivity contribution is 1.38. The predicted molar refractivity (Wildman–Crippen MR) is 58.5 cm³/mol. The molecule has 0 fully saturated rings. The minimum absolute atomic E-state index is 0.983. The molecule has 0 aromatic carbocycles. The first kappa shape index (κ1) is 8.45. The molecule has 13 heavy (non-hydrogen) atoms. The molecule has 0 bridgehead atoms.